The van der Waals surface area contributed by atoms with Gasteiger partial charge in [0, 0.05) is 0 Å². The molecule has 3 aromatic carbocycles. The Morgan fingerprint density at radius 2 is 1.50 bits per heavy atom. The van der Waals surface area contributed by atoms with Crippen molar-refractivity contribution >= 4 is 6.98 Å². The van der Waals surface area contributed by atoms with E-state index in [9.17, 15) is 13.2 Å². The van der Waals surface area contributed by atoms with Gasteiger partial charge in [-0.25, -0.2) is 0 Å². The molecule has 2 aliphatic rings. The fraction of sp³-hybridized carbons (Fsp3) is 0.361. The van der Waals surface area contributed by atoms with Crippen molar-refractivity contribution in [3.63, 3.8) is 0 Å². The maximum absolute atomic E-state index is 13.6. The first-order valence-corrected chi connectivity index (χ1v) is 18.0. The van der Waals surface area contributed by atoms with E-state index in [-0.39, 0.29) is 10.8 Å². The summed E-state index contributed by atoms with van der Waals surface area (Å²) in [4.78, 5) is 0. The van der Waals surface area contributed by atoms with Crippen molar-refractivity contribution in [2.75, 3.05) is 0 Å². The average molecular weight is 620 g/mol. The number of rotatable bonds is 3. The van der Waals surface area contributed by atoms with Gasteiger partial charge >= 0.3 is 246 Å². The average Bonchev–Trinajstić information content (AvgIpc) is 3.48. The van der Waals surface area contributed by atoms with Gasteiger partial charge in [-0.2, -0.15) is 0 Å². The Morgan fingerprint density at radius 3 is 2.10 bits per heavy atom. The normalized spacial score (nSPS) is 15.4. The third kappa shape index (κ3) is 5.46. The predicted octanol–water partition coefficient (Wildman–Crippen LogP) is 9.43. The zero-order valence-corrected chi connectivity index (χ0v) is 27.4. The number of alkyl halides is 3. The maximum atomic E-state index is 13.6. The molecule has 5 rings (SSSR count). The van der Waals surface area contributed by atoms with Crippen LogP contribution in [-0.2, 0) is 44.7 Å². The summed E-state index contributed by atoms with van der Waals surface area (Å²) in [6.07, 6.45) is 3.96. The first kappa shape index (κ1) is 29.2. The topological polar surface area (TPSA) is 0 Å². The molecular formula is C36H39F3Zr. The molecule has 3 aromatic rings. The number of halogens is 3. The minimum absolute atomic E-state index is 0.0424. The molecule has 0 saturated heterocycles. The summed E-state index contributed by atoms with van der Waals surface area (Å²) in [6.45, 7) is 18.1. The van der Waals surface area contributed by atoms with Crippen LogP contribution in [0.5, 0.6) is 0 Å². The molecule has 0 fully saturated rings. The SMILES string of the molecule is Cc1cc2c(cc1C(C)(C)C)-c1cc(C(C)(C)C)c(C)[c](/[Zr](=[CH]\c3cccc(C(F)(F)F)c3)[C]3=CC=CC3)c1C2. The van der Waals surface area contributed by atoms with Crippen LogP contribution < -0.4 is 3.27 Å². The van der Waals surface area contributed by atoms with Gasteiger partial charge in [-0.05, 0) is 0 Å². The predicted molar refractivity (Wildman–Crippen MR) is 160 cm³/mol. The Kier molecular flexibility index (Phi) is 7.44. The molecule has 0 saturated carbocycles. The number of hydrogen-bond acceptors (Lipinski definition) is 0. The number of hydrogen-bond donors (Lipinski definition) is 0. The zero-order chi connectivity index (χ0) is 29.2. The molecule has 40 heavy (non-hydrogen) atoms. The molecule has 0 nitrogen and oxygen atoms in total. The molecule has 0 heterocycles. The molecule has 0 spiro atoms. The van der Waals surface area contributed by atoms with Gasteiger partial charge < -0.3 is 0 Å². The third-order valence-corrected chi connectivity index (χ3v) is 15.5. The molecule has 208 valence electrons. The van der Waals surface area contributed by atoms with Crippen molar-refractivity contribution in [3.8, 4) is 11.1 Å². The number of fused-ring (bicyclic) bond motifs is 3. The monoisotopic (exact) mass is 618 g/mol. The van der Waals surface area contributed by atoms with E-state index in [1.807, 2.05) is 6.07 Å². The van der Waals surface area contributed by atoms with Crippen molar-refractivity contribution in [2.45, 2.75) is 85.2 Å². The molecule has 0 radical (unpaired) electrons. The van der Waals surface area contributed by atoms with Crippen molar-refractivity contribution in [1.29, 1.82) is 0 Å². The summed E-state index contributed by atoms with van der Waals surface area (Å²) >= 11 is -2.80. The quantitative estimate of drug-likeness (QED) is 0.214. The summed E-state index contributed by atoms with van der Waals surface area (Å²) in [7, 11) is 0. The standard InChI is InChI=1S/C23H29.C8H5F3.C5H5.Zr/c1-14-9-16-11-17-10-15(2)21(23(6,7)8)13-19(17)18(16)12-20(14)22(3,4)5;1-6-3-2-4-7(5-6)8(9,10)11;1-2-4-5-3-1;/h9,12-13H,11H2,1-8H3;1-5H;1-3H,4H2;. The molecule has 0 aliphatic heterocycles. The van der Waals surface area contributed by atoms with Gasteiger partial charge in [0.2, 0.25) is 0 Å². The summed E-state index contributed by atoms with van der Waals surface area (Å²) in [5.74, 6) is 0. The Bertz CT molecular complexity index is 1600. The summed E-state index contributed by atoms with van der Waals surface area (Å²) in [6, 6.07) is 13.1. The molecule has 0 atom stereocenters. The number of allylic oxidation sites excluding steroid dienone is 4. The van der Waals surface area contributed by atoms with Gasteiger partial charge in [-0.1, -0.05) is 0 Å². The fourth-order valence-corrected chi connectivity index (χ4v) is 13.6. The molecule has 2 aliphatic carbocycles. The second kappa shape index (κ2) is 10.2. The Hall–Kier alpha value is -2.32. The van der Waals surface area contributed by atoms with E-state index in [0.717, 1.165) is 12.8 Å². The molecule has 0 unspecified atom stereocenters. The van der Waals surface area contributed by atoms with E-state index in [1.54, 1.807) is 6.07 Å². The van der Waals surface area contributed by atoms with Crippen LogP contribution in [-0.4, -0.2) is 3.71 Å². The second-order valence-electron chi connectivity index (χ2n) is 13.5. The van der Waals surface area contributed by atoms with Crippen molar-refractivity contribution in [1.82, 2.24) is 0 Å². The van der Waals surface area contributed by atoms with Crippen LogP contribution in [0.25, 0.3) is 11.1 Å². The van der Waals surface area contributed by atoms with Crippen molar-refractivity contribution < 1.29 is 34.4 Å². The van der Waals surface area contributed by atoms with Gasteiger partial charge in [0.15, 0.2) is 0 Å². The first-order chi connectivity index (χ1) is 18.6. The van der Waals surface area contributed by atoms with Crippen molar-refractivity contribution in [2.24, 2.45) is 0 Å². The summed E-state index contributed by atoms with van der Waals surface area (Å²) < 4.78 is 46.0. The van der Waals surface area contributed by atoms with Gasteiger partial charge in [0.1, 0.15) is 0 Å². The van der Waals surface area contributed by atoms with E-state index in [4.69, 9.17) is 0 Å². The Morgan fingerprint density at radius 1 is 0.825 bits per heavy atom. The summed E-state index contributed by atoms with van der Waals surface area (Å²) in [5, 5.41) is 0. The van der Waals surface area contributed by atoms with Crippen LogP contribution in [0.2, 0.25) is 0 Å². The van der Waals surface area contributed by atoms with Crippen molar-refractivity contribution in [3.05, 3.63) is 108 Å². The van der Waals surface area contributed by atoms with E-state index in [1.165, 1.54) is 63.2 Å². The third-order valence-electron chi connectivity index (χ3n) is 8.33. The van der Waals surface area contributed by atoms with Crippen LogP contribution in [0, 0.1) is 13.8 Å². The van der Waals surface area contributed by atoms with Crippen LogP contribution in [0.4, 0.5) is 13.2 Å². The van der Waals surface area contributed by atoms with E-state index in [0.29, 0.717) is 5.56 Å². The van der Waals surface area contributed by atoms with E-state index < -0.39 is 33.0 Å². The molecule has 0 amide bonds. The van der Waals surface area contributed by atoms with E-state index in [2.05, 4.69) is 95.5 Å². The van der Waals surface area contributed by atoms with E-state index >= 15 is 0 Å². The Labute approximate surface area is 245 Å². The van der Waals surface area contributed by atoms with Gasteiger partial charge in [-0.3, -0.25) is 0 Å². The van der Waals surface area contributed by atoms with Crippen LogP contribution in [0.1, 0.15) is 92.5 Å². The Balaban J connectivity index is 1.82. The molecule has 4 heteroatoms. The molecule has 0 bridgehead atoms. The zero-order valence-electron chi connectivity index (χ0n) is 24.9. The van der Waals surface area contributed by atoms with Crippen LogP contribution in [0.15, 0.2) is 64.0 Å². The number of benzene rings is 3. The minimum atomic E-state index is -4.35. The molecular weight excluding hydrogens is 581 g/mol. The van der Waals surface area contributed by atoms with Gasteiger partial charge in [0.25, 0.3) is 0 Å². The molecule has 0 aromatic heterocycles. The van der Waals surface area contributed by atoms with Crippen LogP contribution in [0.3, 0.4) is 0 Å². The van der Waals surface area contributed by atoms with Gasteiger partial charge in [-0.15, -0.1) is 0 Å². The van der Waals surface area contributed by atoms with Crippen LogP contribution >= 0.6 is 0 Å². The second-order valence-corrected chi connectivity index (χ2v) is 19.0. The number of aryl methyl sites for hydroxylation is 1. The fourth-order valence-electron chi connectivity index (χ4n) is 6.51. The van der Waals surface area contributed by atoms with Gasteiger partial charge in [0.05, 0.1) is 0 Å². The summed E-state index contributed by atoms with van der Waals surface area (Å²) in [5.41, 5.74) is 10.9. The first-order valence-electron chi connectivity index (χ1n) is 14.1. The molecule has 0 N–H and O–H groups in total.